The number of hydrogen-bond donors (Lipinski definition) is 0. The Labute approximate surface area is 128 Å². The topological polar surface area (TPSA) is 34.0 Å². The van der Waals surface area contributed by atoms with Crippen LogP contribution in [0.3, 0.4) is 0 Å². The van der Waals surface area contributed by atoms with E-state index in [0.717, 1.165) is 36.5 Å². The Balaban J connectivity index is 1.79. The zero-order chi connectivity index (χ0) is 13.8. The normalized spacial score (nSPS) is 16.9. The quantitative estimate of drug-likeness (QED) is 0.793. The van der Waals surface area contributed by atoms with Gasteiger partial charge in [0.05, 0.1) is 0 Å². The Morgan fingerprint density at radius 1 is 1.25 bits per heavy atom. The van der Waals surface area contributed by atoms with E-state index in [-0.39, 0.29) is 0 Å². The number of alkyl halides is 1. The third-order valence-electron chi connectivity index (χ3n) is 3.64. The SMILES string of the molecule is ClCCc1nc2cccnc2n1CCN1CCSCC1. The number of halogens is 1. The molecular formula is C14H19ClN4S. The highest BCUT2D eigenvalue weighted by atomic mass is 35.5. The number of aryl methyl sites for hydroxylation is 1. The van der Waals surface area contributed by atoms with E-state index in [2.05, 4.69) is 19.4 Å². The van der Waals surface area contributed by atoms with Crippen LogP contribution in [0.2, 0.25) is 0 Å². The molecule has 0 amide bonds. The van der Waals surface area contributed by atoms with Crippen LogP contribution < -0.4 is 0 Å². The summed E-state index contributed by atoms with van der Waals surface area (Å²) >= 11 is 7.94. The van der Waals surface area contributed by atoms with Gasteiger partial charge in [0.1, 0.15) is 11.3 Å². The maximum Gasteiger partial charge on any atom is 0.160 e. The fourth-order valence-corrected chi connectivity index (χ4v) is 3.73. The molecule has 2 aromatic heterocycles. The van der Waals surface area contributed by atoms with E-state index in [1.807, 2.05) is 30.1 Å². The lowest BCUT2D eigenvalue weighted by molar-refractivity contribution is 0.289. The molecule has 2 aromatic rings. The van der Waals surface area contributed by atoms with Crippen LogP contribution in [0.25, 0.3) is 11.2 Å². The smallest absolute Gasteiger partial charge is 0.160 e. The van der Waals surface area contributed by atoms with Gasteiger partial charge in [-0.15, -0.1) is 11.6 Å². The summed E-state index contributed by atoms with van der Waals surface area (Å²) in [5.41, 5.74) is 1.96. The van der Waals surface area contributed by atoms with Gasteiger partial charge in [-0.3, -0.25) is 4.90 Å². The van der Waals surface area contributed by atoms with E-state index in [0.29, 0.717) is 5.88 Å². The van der Waals surface area contributed by atoms with Gasteiger partial charge in [-0.2, -0.15) is 11.8 Å². The molecule has 0 unspecified atom stereocenters. The van der Waals surface area contributed by atoms with Gasteiger partial charge in [0.25, 0.3) is 0 Å². The highest BCUT2D eigenvalue weighted by Crippen LogP contribution is 2.15. The molecular weight excluding hydrogens is 292 g/mol. The number of rotatable bonds is 5. The molecule has 3 rings (SSSR count). The van der Waals surface area contributed by atoms with Crippen LogP contribution in [-0.2, 0) is 13.0 Å². The van der Waals surface area contributed by atoms with Crippen LogP contribution in [0.1, 0.15) is 5.82 Å². The second-order valence-corrected chi connectivity index (χ2v) is 6.52. The summed E-state index contributed by atoms with van der Waals surface area (Å²) < 4.78 is 2.24. The summed E-state index contributed by atoms with van der Waals surface area (Å²) in [6, 6.07) is 3.96. The summed E-state index contributed by atoms with van der Waals surface area (Å²) in [6.07, 6.45) is 2.64. The maximum absolute atomic E-state index is 5.90. The molecule has 0 atom stereocenters. The second-order valence-electron chi connectivity index (χ2n) is 4.92. The van der Waals surface area contributed by atoms with Crippen molar-refractivity contribution in [1.82, 2.24) is 19.4 Å². The third-order valence-corrected chi connectivity index (χ3v) is 4.78. The predicted molar refractivity (Wildman–Crippen MR) is 85.7 cm³/mol. The summed E-state index contributed by atoms with van der Waals surface area (Å²) in [5.74, 6) is 4.15. The molecule has 0 spiro atoms. The summed E-state index contributed by atoms with van der Waals surface area (Å²) in [4.78, 5) is 11.7. The first-order valence-electron chi connectivity index (χ1n) is 7.04. The standard InChI is InChI=1S/C14H19ClN4S/c15-4-3-13-17-12-2-1-5-16-14(12)19(13)7-6-18-8-10-20-11-9-18/h1-2,5H,3-4,6-11H2. The average Bonchev–Trinajstić information content (AvgIpc) is 2.84. The van der Waals surface area contributed by atoms with Crippen molar-refractivity contribution in [2.45, 2.75) is 13.0 Å². The number of pyridine rings is 1. The van der Waals surface area contributed by atoms with Gasteiger partial charge in [0.2, 0.25) is 0 Å². The molecule has 20 heavy (non-hydrogen) atoms. The number of aromatic nitrogens is 3. The Bertz CT molecular complexity index is 565. The van der Waals surface area contributed by atoms with Crippen molar-refractivity contribution in [3.63, 3.8) is 0 Å². The van der Waals surface area contributed by atoms with E-state index in [1.54, 1.807) is 0 Å². The highest BCUT2D eigenvalue weighted by Gasteiger charge is 2.14. The van der Waals surface area contributed by atoms with Crippen molar-refractivity contribution >= 4 is 34.5 Å². The molecule has 6 heteroatoms. The Hall–Kier alpha value is -0.780. The van der Waals surface area contributed by atoms with Crippen molar-refractivity contribution in [3.8, 4) is 0 Å². The van der Waals surface area contributed by atoms with Crippen LogP contribution in [0.4, 0.5) is 0 Å². The first kappa shape index (κ1) is 14.2. The number of imidazole rings is 1. The van der Waals surface area contributed by atoms with Gasteiger partial charge < -0.3 is 4.57 Å². The lowest BCUT2D eigenvalue weighted by Gasteiger charge is -2.26. The lowest BCUT2D eigenvalue weighted by Crippen LogP contribution is -2.35. The van der Waals surface area contributed by atoms with Crippen LogP contribution in [-0.4, -0.2) is 56.5 Å². The largest absolute Gasteiger partial charge is 0.311 e. The van der Waals surface area contributed by atoms with Crippen molar-refractivity contribution < 1.29 is 0 Å². The Morgan fingerprint density at radius 2 is 2.10 bits per heavy atom. The number of nitrogens with zero attached hydrogens (tertiary/aromatic N) is 4. The molecule has 1 aliphatic rings. The molecule has 0 N–H and O–H groups in total. The number of thioether (sulfide) groups is 1. The second kappa shape index (κ2) is 6.78. The van der Waals surface area contributed by atoms with Crippen molar-refractivity contribution in [3.05, 3.63) is 24.2 Å². The molecule has 1 saturated heterocycles. The van der Waals surface area contributed by atoms with Crippen molar-refractivity contribution in [2.75, 3.05) is 37.0 Å². The zero-order valence-corrected chi connectivity index (χ0v) is 13.0. The van der Waals surface area contributed by atoms with E-state index >= 15 is 0 Å². The molecule has 0 aliphatic carbocycles. The summed E-state index contributed by atoms with van der Waals surface area (Å²) in [6.45, 7) is 4.40. The monoisotopic (exact) mass is 310 g/mol. The van der Waals surface area contributed by atoms with Gasteiger partial charge in [-0.1, -0.05) is 0 Å². The van der Waals surface area contributed by atoms with E-state index < -0.39 is 0 Å². The zero-order valence-electron chi connectivity index (χ0n) is 11.5. The predicted octanol–water partition coefficient (Wildman–Crippen LogP) is 2.26. The molecule has 4 nitrogen and oxygen atoms in total. The van der Waals surface area contributed by atoms with Gasteiger partial charge in [0.15, 0.2) is 5.65 Å². The van der Waals surface area contributed by atoms with Crippen molar-refractivity contribution in [1.29, 1.82) is 0 Å². The van der Waals surface area contributed by atoms with E-state index in [4.69, 9.17) is 11.6 Å². The minimum absolute atomic E-state index is 0.601. The molecule has 108 valence electrons. The molecule has 0 radical (unpaired) electrons. The minimum Gasteiger partial charge on any atom is -0.311 e. The first-order chi connectivity index (χ1) is 9.88. The molecule has 1 aliphatic heterocycles. The minimum atomic E-state index is 0.601. The average molecular weight is 311 g/mol. The molecule has 0 aromatic carbocycles. The maximum atomic E-state index is 5.90. The summed E-state index contributed by atoms with van der Waals surface area (Å²) in [7, 11) is 0. The van der Waals surface area contributed by atoms with E-state index in [1.165, 1.54) is 24.6 Å². The van der Waals surface area contributed by atoms with Crippen LogP contribution in [0.15, 0.2) is 18.3 Å². The van der Waals surface area contributed by atoms with Crippen LogP contribution >= 0.6 is 23.4 Å². The first-order valence-corrected chi connectivity index (χ1v) is 8.73. The number of hydrogen-bond acceptors (Lipinski definition) is 4. The highest BCUT2D eigenvalue weighted by molar-refractivity contribution is 7.99. The van der Waals surface area contributed by atoms with Gasteiger partial charge in [0, 0.05) is 56.2 Å². The lowest BCUT2D eigenvalue weighted by atomic mass is 10.4. The van der Waals surface area contributed by atoms with Gasteiger partial charge >= 0.3 is 0 Å². The molecule has 3 heterocycles. The number of fused-ring (bicyclic) bond motifs is 1. The van der Waals surface area contributed by atoms with Gasteiger partial charge in [-0.25, -0.2) is 9.97 Å². The fourth-order valence-electron chi connectivity index (χ4n) is 2.58. The molecule has 1 fully saturated rings. The molecule has 0 bridgehead atoms. The van der Waals surface area contributed by atoms with E-state index in [9.17, 15) is 0 Å². The van der Waals surface area contributed by atoms with Crippen LogP contribution in [0.5, 0.6) is 0 Å². The van der Waals surface area contributed by atoms with Gasteiger partial charge in [-0.05, 0) is 12.1 Å². The fraction of sp³-hybridized carbons (Fsp3) is 0.571. The van der Waals surface area contributed by atoms with Crippen molar-refractivity contribution in [2.24, 2.45) is 0 Å². The summed E-state index contributed by atoms with van der Waals surface area (Å²) in [5, 5.41) is 0. The third kappa shape index (κ3) is 3.10. The Morgan fingerprint density at radius 3 is 2.90 bits per heavy atom. The van der Waals surface area contributed by atoms with Crippen LogP contribution in [0, 0.1) is 0 Å². The molecule has 0 saturated carbocycles. The Kier molecular flexibility index (Phi) is 4.81.